The SMILES string of the molecule is CCC(=O)N(c1cccc(N(C(=N)NC(=O)OC(C)(C)C)C(=O)OC(C)(C)C)c1)C1CCN(CC(C(=O)OCc2ccccc2)c2ccccc2)CC1. The second-order valence-electron chi connectivity index (χ2n) is 15.0. The van der Waals surface area contributed by atoms with Crippen molar-refractivity contribution in [2.24, 2.45) is 0 Å². The molecule has 1 saturated heterocycles. The van der Waals surface area contributed by atoms with Gasteiger partial charge in [-0.1, -0.05) is 73.7 Å². The minimum atomic E-state index is -0.902. The average Bonchev–Trinajstić information content (AvgIpc) is 3.09. The molecule has 1 heterocycles. The fourth-order valence-electron chi connectivity index (χ4n) is 6.05. The minimum absolute atomic E-state index is 0.0990. The summed E-state index contributed by atoms with van der Waals surface area (Å²) in [4.78, 5) is 58.0. The van der Waals surface area contributed by atoms with E-state index in [0.717, 1.165) is 16.0 Å². The van der Waals surface area contributed by atoms with E-state index >= 15 is 0 Å². The van der Waals surface area contributed by atoms with Gasteiger partial charge in [-0.3, -0.25) is 20.3 Å². The van der Waals surface area contributed by atoms with Gasteiger partial charge in [-0.15, -0.1) is 0 Å². The first-order valence-electron chi connectivity index (χ1n) is 18.1. The molecule has 284 valence electrons. The van der Waals surface area contributed by atoms with Crippen LogP contribution in [0.3, 0.4) is 0 Å². The fourth-order valence-corrected chi connectivity index (χ4v) is 6.05. The van der Waals surface area contributed by atoms with Gasteiger partial charge in [0.15, 0.2) is 0 Å². The van der Waals surface area contributed by atoms with Crippen molar-refractivity contribution < 1.29 is 33.4 Å². The quantitative estimate of drug-likeness (QED) is 0.0941. The van der Waals surface area contributed by atoms with Crippen LogP contribution in [-0.4, -0.2) is 71.8 Å². The number of anilines is 2. The Morgan fingerprint density at radius 2 is 1.42 bits per heavy atom. The van der Waals surface area contributed by atoms with Crippen molar-refractivity contribution in [3.8, 4) is 0 Å². The summed E-state index contributed by atoms with van der Waals surface area (Å²) in [6, 6.07) is 25.8. The lowest BCUT2D eigenvalue weighted by molar-refractivity contribution is -0.147. The zero-order valence-electron chi connectivity index (χ0n) is 31.9. The van der Waals surface area contributed by atoms with Gasteiger partial charge in [-0.25, -0.2) is 14.5 Å². The Balaban J connectivity index is 1.53. The number of carbonyl (C=O) groups is 4. The van der Waals surface area contributed by atoms with Gasteiger partial charge < -0.3 is 24.0 Å². The molecule has 1 fully saturated rings. The number of alkyl carbamates (subject to hydrolysis) is 1. The fraction of sp³-hybridized carbons (Fsp3) is 0.439. The monoisotopic (exact) mass is 727 g/mol. The van der Waals surface area contributed by atoms with Crippen molar-refractivity contribution in [3.63, 3.8) is 0 Å². The van der Waals surface area contributed by atoms with E-state index in [1.54, 1.807) is 77.6 Å². The number of amides is 3. The molecule has 53 heavy (non-hydrogen) atoms. The molecule has 4 rings (SSSR count). The Morgan fingerprint density at radius 1 is 0.830 bits per heavy atom. The van der Waals surface area contributed by atoms with Gasteiger partial charge >= 0.3 is 18.2 Å². The molecule has 0 saturated carbocycles. The van der Waals surface area contributed by atoms with Gasteiger partial charge in [0.25, 0.3) is 0 Å². The van der Waals surface area contributed by atoms with Crippen molar-refractivity contribution in [2.45, 2.75) is 97.5 Å². The summed E-state index contributed by atoms with van der Waals surface area (Å²) in [7, 11) is 0. The number of esters is 1. The molecule has 0 bridgehead atoms. The first kappa shape index (κ1) is 40.5. The Morgan fingerprint density at radius 3 is 2.00 bits per heavy atom. The zero-order chi connectivity index (χ0) is 38.8. The molecule has 0 aromatic heterocycles. The number of guanidine groups is 1. The predicted octanol–water partition coefficient (Wildman–Crippen LogP) is 7.62. The van der Waals surface area contributed by atoms with Crippen LogP contribution in [0.1, 0.15) is 84.8 Å². The smallest absolute Gasteiger partial charge is 0.421 e. The van der Waals surface area contributed by atoms with Crippen molar-refractivity contribution >= 4 is 41.4 Å². The molecular formula is C41H53N5O7. The Hall–Kier alpha value is -5.23. The van der Waals surface area contributed by atoms with Crippen LogP contribution < -0.4 is 15.1 Å². The van der Waals surface area contributed by atoms with Crippen molar-refractivity contribution in [2.75, 3.05) is 29.4 Å². The first-order chi connectivity index (χ1) is 25.0. The number of nitrogens with one attached hydrogen (secondary N) is 2. The van der Waals surface area contributed by atoms with Gasteiger partial charge in [0.1, 0.15) is 17.8 Å². The van der Waals surface area contributed by atoms with Crippen LogP contribution in [0.5, 0.6) is 0 Å². The highest BCUT2D eigenvalue weighted by molar-refractivity contribution is 6.16. The number of benzene rings is 3. The summed E-state index contributed by atoms with van der Waals surface area (Å²) in [5.74, 6) is -1.44. The third-order valence-electron chi connectivity index (χ3n) is 8.43. The maximum absolute atomic E-state index is 13.6. The summed E-state index contributed by atoms with van der Waals surface area (Å²) in [6.07, 6.45) is -0.252. The number of piperidine rings is 1. The average molecular weight is 728 g/mol. The maximum Gasteiger partial charge on any atom is 0.421 e. The summed E-state index contributed by atoms with van der Waals surface area (Å²) < 4.78 is 16.7. The molecule has 0 aliphatic carbocycles. The van der Waals surface area contributed by atoms with Crippen LogP contribution >= 0.6 is 0 Å². The zero-order valence-corrected chi connectivity index (χ0v) is 31.9. The van der Waals surface area contributed by atoms with Crippen molar-refractivity contribution in [1.29, 1.82) is 5.41 Å². The van der Waals surface area contributed by atoms with Gasteiger partial charge in [-0.2, -0.15) is 0 Å². The molecule has 3 aromatic carbocycles. The molecule has 1 atom stereocenters. The summed E-state index contributed by atoms with van der Waals surface area (Å²) >= 11 is 0. The van der Waals surface area contributed by atoms with Crippen LogP contribution in [-0.2, 0) is 30.4 Å². The highest BCUT2D eigenvalue weighted by Gasteiger charge is 2.34. The number of carbonyl (C=O) groups excluding carboxylic acids is 4. The Labute approximate surface area is 312 Å². The number of hydrogen-bond acceptors (Lipinski definition) is 9. The molecule has 12 heteroatoms. The van der Waals surface area contributed by atoms with Crippen molar-refractivity contribution in [1.82, 2.24) is 10.2 Å². The van der Waals surface area contributed by atoms with E-state index in [1.807, 2.05) is 60.7 Å². The number of ether oxygens (including phenoxy) is 3. The molecule has 0 spiro atoms. The third kappa shape index (κ3) is 12.2. The lowest BCUT2D eigenvalue weighted by atomic mass is 9.96. The number of hydrogen-bond donors (Lipinski definition) is 2. The van der Waals surface area contributed by atoms with Gasteiger partial charge in [0.2, 0.25) is 11.9 Å². The molecule has 1 aliphatic heterocycles. The van der Waals surface area contributed by atoms with Crippen LogP contribution in [0.15, 0.2) is 84.9 Å². The van der Waals surface area contributed by atoms with E-state index in [4.69, 9.17) is 19.6 Å². The molecule has 3 aromatic rings. The highest BCUT2D eigenvalue weighted by Crippen LogP contribution is 2.30. The van der Waals surface area contributed by atoms with E-state index in [1.165, 1.54) is 0 Å². The summed E-state index contributed by atoms with van der Waals surface area (Å²) in [6.45, 7) is 13.9. The van der Waals surface area contributed by atoms with Gasteiger partial charge in [0.05, 0.1) is 11.6 Å². The highest BCUT2D eigenvalue weighted by atomic mass is 16.6. The van der Waals surface area contributed by atoms with Crippen LogP contribution in [0.2, 0.25) is 0 Å². The topological polar surface area (TPSA) is 142 Å². The van der Waals surface area contributed by atoms with Crippen LogP contribution in [0.25, 0.3) is 0 Å². The molecule has 1 unspecified atom stereocenters. The van der Waals surface area contributed by atoms with Gasteiger partial charge in [-0.05, 0) is 83.7 Å². The number of nitrogens with zero attached hydrogens (tertiary/aromatic N) is 3. The lowest BCUT2D eigenvalue weighted by Gasteiger charge is -2.39. The van der Waals surface area contributed by atoms with Crippen LogP contribution in [0.4, 0.5) is 21.0 Å². The van der Waals surface area contributed by atoms with Crippen LogP contribution in [0, 0.1) is 5.41 Å². The predicted molar refractivity (Wildman–Crippen MR) is 205 cm³/mol. The lowest BCUT2D eigenvalue weighted by Crippen LogP contribution is -2.50. The third-order valence-corrected chi connectivity index (χ3v) is 8.43. The van der Waals surface area contributed by atoms with Gasteiger partial charge in [0, 0.05) is 37.8 Å². The molecule has 3 amide bonds. The van der Waals surface area contributed by atoms with E-state index < -0.39 is 35.3 Å². The molecule has 0 radical (unpaired) electrons. The largest absolute Gasteiger partial charge is 0.460 e. The van der Waals surface area contributed by atoms with Crippen molar-refractivity contribution in [3.05, 3.63) is 96.1 Å². The van der Waals surface area contributed by atoms with E-state index in [9.17, 15) is 19.2 Å². The molecular weight excluding hydrogens is 674 g/mol. The first-order valence-corrected chi connectivity index (χ1v) is 18.1. The second-order valence-corrected chi connectivity index (χ2v) is 15.0. The maximum atomic E-state index is 13.6. The molecule has 2 N–H and O–H groups in total. The Kier molecular flexibility index (Phi) is 13.8. The summed E-state index contributed by atoms with van der Waals surface area (Å²) in [5.41, 5.74) is 0.848. The Bertz CT molecular complexity index is 1710. The standard InChI is InChI=1S/C41H53N5O7/c1-8-35(47)45(32-20-15-21-33(26-32)46(39(50)53-41(5,6)7)37(42)43-38(49)52-40(2,3)4)31-22-24-44(25-23-31)27-34(30-18-13-10-14-19-30)36(48)51-28-29-16-11-9-12-17-29/h9-21,26,31,34H,8,22-25,27-28H2,1-7H3,(H2,42,43,49). The summed E-state index contributed by atoms with van der Waals surface area (Å²) in [5, 5.41) is 11.0. The minimum Gasteiger partial charge on any atom is -0.460 e. The number of rotatable bonds is 10. The molecule has 1 aliphatic rings. The second kappa shape index (κ2) is 18.0. The molecule has 12 nitrogen and oxygen atoms in total. The van der Waals surface area contributed by atoms with E-state index in [-0.39, 0.29) is 36.6 Å². The van der Waals surface area contributed by atoms with E-state index in [0.29, 0.717) is 38.2 Å². The normalized spacial score (nSPS) is 14.4. The number of likely N-dealkylation sites (tertiary alicyclic amines) is 1. The van der Waals surface area contributed by atoms with E-state index in [2.05, 4.69) is 10.2 Å².